The summed E-state index contributed by atoms with van der Waals surface area (Å²) >= 11 is 0. The van der Waals surface area contributed by atoms with Crippen molar-refractivity contribution in [3.05, 3.63) is 166 Å². The molecule has 0 N–H and O–H groups in total. The predicted octanol–water partition coefficient (Wildman–Crippen LogP) is 7.72. The van der Waals surface area contributed by atoms with Crippen molar-refractivity contribution in [3.8, 4) is 0 Å². The van der Waals surface area contributed by atoms with Crippen LogP contribution in [-0.2, 0) is 78.1 Å². The minimum absolute atomic E-state index is 0. The zero-order chi connectivity index (χ0) is 34.2. The SMILES string of the molecule is CCc1cc2c(C)cccc2[cH-]1.CCc1cc2c(C)cccc2[cH-]1.CCc1cc2c(C)cccc2[cH-]1.CCc1cc2c(C)cccc2[cH-]1.[F-].[F-].[Zr+2].[Zr+2]. The molecule has 0 radical (unpaired) electrons. The van der Waals surface area contributed by atoms with Crippen molar-refractivity contribution < 1.29 is 61.8 Å². The van der Waals surface area contributed by atoms with E-state index < -0.39 is 0 Å². The maximum Gasteiger partial charge on any atom is 2.00 e. The molecular formula is C48H52F2Zr2-2. The molecule has 0 unspecified atom stereocenters. The van der Waals surface area contributed by atoms with Gasteiger partial charge in [-0.1, -0.05) is 74.2 Å². The first-order valence-electron chi connectivity index (χ1n) is 17.8. The molecule has 0 aliphatic carbocycles. The summed E-state index contributed by atoms with van der Waals surface area (Å²) in [4.78, 5) is 0. The van der Waals surface area contributed by atoms with E-state index in [9.17, 15) is 0 Å². The fraction of sp³-hybridized carbons (Fsp3) is 0.250. The maximum absolute atomic E-state index is 2.30. The van der Waals surface area contributed by atoms with Crippen LogP contribution in [0, 0.1) is 27.7 Å². The van der Waals surface area contributed by atoms with Crippen LogP contribution < -0.4 is 9.41 Å². The quantitative estimate of drug-likeness (QED) is 0.159. The number of aryl methyl sites for hydroxylation is 8. The van der Waals surface area contributed by atoms with Crippen LogP contribution in [0.1, 0.15) is 72.2 Å². The van der Waals surface area contributed by atoms with Crippen molar-refractivity contribution in [2.24, 2.45) is 0 Å². The number of hydrogen-bond donors (Lipinski definition) is 0. The van der Waals surface area contributed by atoms with Crippen LogP contribution in [0.3, 0.4) is 0 Å². The summed E-state index contributed by atoms with van der Waals surface area (Å²) < 4.78 is 0. The number of benzene rings is 4. The van der Waals surface area contributed by atoms with E-state index in [2.05, 4.69) is 177 Å². The van der Waals surface area contributed by atoms with E-state index in [4.69, 9.17) is 0 Å². The molecule has 0 aromatic heterocycles. The van der Waals surface area contributed by atoms with Gasteiger partial charge >= 0.3 is 52.4 Å². The summed E-state index contributed by atoms with van der Waals surface area (Å²) in [6.45, 7) is 17.5. The Kier molecular flexibility index (Phi) is 20.1. The second-order valence-electron chi connectivity index (χ2n) is 13.2. The van der Waals surface area contributed by atoms with Gasteiger partial charge in [-0.3, -0.25) is 0 Å². The fourth-order valence-electron chi connectivity index (χ4n) is 6.63. The van der Waals surface area contributed by atoms with Crippen LogP contribution in [0.15, 0.2) is 121 Å². The van der Waals surface area contributed by atoms with Gasteiger partial charge in [-0.2, -0.15) is 24.3 Å². The minimum Gasteiger partial charge on any atom is -1.00 e. The van der Waals surface area contributed by atoms with Crippen LogP contribution in [0.4, 0.5) is 0 Å². The molecule has 0 amide bonds. The van der Waals surface area contributed by atoms with Gasteiger partial charge in [0.05, 0.1) is 0 Å². The molecule has 0 aliphatic heterocycles. The van der Waals surface area contributed by atoms with Crippen molar-refractivity contribution >= 4 is 43.1 Å². The molecular weight excluding hydrogens is 797 g/mol. The van der Waals surface area contributed by atoms with Crippen LogP contribution in [0.5, 0.6) is 0 Å². The zero-order valence-corrected chi connectivity index (χ0v) is 37.0. The monoisotopic (exact) mass is 846 g/mol. The molecule has 0 spiro atoms. The van der Waals surface area contributed by atoms with Crippen LogP contribution >= 0.6 is 0 Å². The van der Waals surface area contributed by atoms with Gasteiger partial charge in [-0.25, -0.2) is 0 Å². The average Bonchev–Trinajstić information content (AvgIpc) is 3.90. The summed E-state index contributed by atoms with van der Waals surface area (Å²) in [5, 5.41) is 11.2. The topological polar surface area (TPSA) is 0 Å². The molecule has 0 aliphatic rings. The Balaban J connectivity index is 0.000000338. The first kappa shape index (κ1) is 47.0. The number of hydrogen-bond acceptors (Lipinski definition) is 0. The van der Waals surface area contributed by atoms with Crippen LogP contribution in [-0.4, -0.2) is 0 Å². The fourth-order valence-corrected chi connectivity index (χ4v) is 6.63. The Morgan fingerprint density at radius 3 is 0.692 bits per heavy atom. The van der Waals surface area contributed by atoms with E-state index in [1.165, 1.54) is 87.6 Å². The van der Waals surface area contributed by atoms with Crippen LogP contribution in [0.2, 0.25) is 0 Å². The van der Waals surface area contributed by atoms with E-state index in [1.54, 1.807) is 0 Å². The van der Waals surface area contributed by atoms with E-state index >= 15 is 0 Å². The first-order valence-corrected chi connectivity index (χ1v) is 17.8. The molecule has 0 fully saturated rings. The number of fused-ring (bicyclic) bond motifs is 4. The van der Waals surface area contributed by atoms with E-state index in [-0.39, 0.29) is 61.8 Å². The molecule has 0 heterocycles. The summed E-state index contributed by atoms with van der Waals surface area (Å²) in [7, 11) is 0. The summed E-state index contributed by atoms with van der Waals surface area (Å²) in [5.41, 5.74) is 11.3. The standard InChI is InChI=1S/4C12H13.2FH.2Zr/c4*1-3-10-7-11-6-4-5-9(2)12(11)8-10;;;;/h4*4-8H,3H2,1-2H3;2*1H;;/q4*-1;;;2*+2/p-2. The zero-order valence-electron chi connectivity index (χ0n) is 32.1. The molecule has 52 heavy (non-hydrogen) atoms. The van der Waals surface area contributed by atoms with Crippen LogP contribution in [0.25, 0.3) is 43.1 Å². The van der Waals surface area contributed by atoms with Gasteiger partial charge in [0.15, 0.2) is 0 Å². The summed E-state index contributed by atoms with van der Waals surface area (Å²) in [6.07, 6.45) is 4.53. The summed E-state index contributed by atoms with van der Waals surface area (Å²) in [6, 6.07) is 44.2. The van der Waals surface area contributed by atoms with Crippen molar-refractivity contribution in [2.45, 2.75) is 81.1 Å². The molecule has 0 saturated heterocycles. The molecule has 4 heteroatoms. The molecule has 0 bridgehead atoms. The Morgan fingerprint density at radius 2 is 0.538 bits per heavy atom. The molecule has 0 saturated carbocycles. The van der Waals surface area contributed by atoms with Gasteiger partial charge in [-0.15, -0.1) is 138 Å². The van der Waals surface area contributed by atoms with Crippen molar-refractivity contribution in [1.29, 1.82) is 0 Å². The third-order valence-corrected chi connectivity index (χ3v) is 9.75. The molecule has 8 rings (SSSR count). The normalized spacial score (nSPS) is 10.0. The van der Waals surface area contributed by atoms with Gasteiger partial charge in [-0.05, 0) is 53.4 Å². The van der Waals surface area contributed by atoms with Gasteiger partial charge < -0.3 is 9.41 Å². The van der Waals surface area contributed by atoms with E-state index in [1.807, 2.05) is 0 Å². The third kappa shape index (κ3) is 11.5. The number of halogens is 2. The van der Waals surface area contributed by atoms with Crippen molar-refractivity contribution in [3.63, 3.8) is 0 Å². The van der Waals surface area contributed by atoms with E-state index in [0.29, 0.717) is 0 Å². The smallest absolute Gasteiger partial charge is 1.00 e. The maximum atomic E-state index is 2.30. The first-order chi connectivity index (χ1) is 23.2. The Bertz CT molecular complexity index is 1920. The van der Waals surface area contributed by atoms with Gasteiger partial charge in [0, 0.05) is 0 Å². The van der Waals surface area contributed by atoms with Gasteiger partial charge in [0.1, 0.15) is 0 Å². The van der Waals surface area contributed by atoms with Crippen molar-refractivity contribution in [2.75, 3.05) is 0 Å². The Labute approximate surface area is 349 Å². The predicted molar refractivity (Wildman–Crippen MR) is 215 cm³/mol. The average molecular weight is 849 g/mol. The van der Waals surface area contributed by atoms with Gasteiger partial charge in [0.2, 0.25) is 0 Å². The van der Waals surface area contributed by atoms with Crippen molar-refractivity contribution in [1.82, 2.24) is 0 Å². The second kappa shape index (κ2) is 22.2. The second-order valence-corrected chi connectivity index (χ2v) is 13.2. The number of rotatable bonds is 4. The molecule has 268 valence electrons. The van der Waals surface area contributed by atoms with E-state index in [0.717, 1.165) is 25.7 Å². The minimum atomic E-state index is 0. The summed E-state index contributed by atoms with van der Waals surface area (Å²) in [5.74, 6) is 0. The molecule has 8 aromatic carbocycles. The molecule has 0 atom stereocenters. The Hall–Kier alpha value is -3.05. The largest absolute Gasteiger partial charge is 2.00 e. The third-order valence-electron chi connectivity index (χ3n) is 9.75. The van der Waals surface area contributed by atoms with Gasteiger partial charge in [0.25, 0.3) is 0 Å². The Morgan fingerprint density at radius 1 is 0.346 bits per heavy atom. The molecule has 0 nitrogen and oxygen atoms in total. The molecule has 8 aromatic rings.